The number of fused-ring (bicyclic) bond motifs is 1. The van der Waals surface area contributed by atoms with E-state index in [9.17, 15) is 9.18 Å². The molecule has 3 rings (SSSR count). The molecule has 2 aliphatic heterocycles. The van der Waals surface area contributed by atoms with E-state index in [2.05, 4.69) is 5.32 Å². The average Bonchev–Trinajstić information content (AvgIpc) is 2.79. The molecule has 98 valence electrons. The van der Waals surface area contributed by atoms with Crippen molar-refractivity contribution in [3.63, 3.8) is 0 Å². The smallest absolute Gasteiger partial charge is 0.317 e. The quantitative estimate of drug-likeness (QED) is 0.816. The zero-order chi connectivity index (χ0) is 13.4. The number of anilines is 1. The van der Waals surface area contributed by atoms with E-state index >= 15 is 0 Å². The van der Waals surface area contributed by atoms with Crippen LogP contribution < -0.4 is 10.2 Å². The number of urea groups is 1. The van der Waals surface area contributed by atoms with Gasteiger partial charge >= 0.3 is 6.03 Å². The fraction of sp³-hybridized carbons (Fsp3) is 0.385. The lowest BCUT2D eigenvalue weighted by atomic mass is 10.1. The largest absolute Gasteiger partial charge is 0.365 e. The second-order valence-electron chi connectivity index (χ2n) is 4.76. The van der Waals surface area contributed by atoms with Crippen LogP contribution in [0.5, 0.6) is 0 Å². The van der Waals surface area contributed by atoms with E-state index in [1.165, 1.54) is 6.07 Å². The second kappa shape index (κ2) is 4.43. The summed E-state index contributed by atoms with van der Waals surface area (Å²) in [6, 6.07) is 6.47. The molecule has 1 atom stereocenters. The summed E-state index contributed by atoms with van der Waals surface area (Å²) in [6.45, 7) is 2.41. The van der Waals surface area contributed by atoms with Gasteiger partial charge in [-0.15, -0.1) is 0 Å². The van der Waals surface area contributed by atoms with Crippen LogP contribution in [0.25, 0.3) is 0 Å². The molecule has 1 aromatic carbocycles. The molecule has 1 N–H and O–H groups in total. The topological polar surface area (TPSA) is 59.4 Å². The van der Waals surface area contributed by atoms with Crippen LogP contribution in [0.1, 0.15) is 5.56 Å². The van der Waals surface area contributed by atoms with Gasteiger partial charge in [-0.3, -0.25) is 0 Å². The Balaban J connectivity index is 1.81. The van der Waals surface area contributed by atoms with Gasteiger partial charge in [0, 0.05) is 26.2 Å². The van der Waals surface area contributed by atoms with Crippen molar-refractivity contribution in [3.05, 3.63) is 29.6 Å². The highest BCUT2D eigenvalue weighted by Gasteiger charge is 2.35. The van der Waals surface area contributed by atoms with E-state index in [0.717, 1.165) is 0 Å². The number of hydrogen-bond donors (Lipinski definition) is 1. The molecule has 0 aromatic heterocycles. The Labute approximate surface area is 110 Å². The van der Waals surface area contributed by atoms with Gasteiger partial charge in [0.2, 0.25) is 0 Å². The molecule has 2 amide bonds. The molecular formula is C13H13FN4O. The summed E-state index contributed by atoms with van der Waals surface area (Å²) in [5, 5.41) is 11.5. The third kappa shape index (κ3) is 1.97. The monoisotopic (exact) mass is 260 g/mol. The standard InChI is InChI=1S/C13H13FN4O/c14-11-5-9(6-15)1-2-12(11)17-3-4-18-10(8-17)7-16-13(18)19/h1-2,5,10H,3-4,7-8H2,(H,16,19). The number of carbonyl (C=O) groups is 1. The van der Waals surface area contributed by atoms with Crippen molar-refractivity contribution >= 4 is 11.7 Å². The highest BCUT2D eigenvalue weighted by atomic mass is 19.1. The van der Waals surface area contributed by atoms with Crippen molar-refractivity contribution in [1.82, 2.24) is 10.2 Å². The first-order chi connectivity index (χ1) is 9.19. The van der Waals surface area contributed by atoms with Gasteiger partial charge in [-0.05, 0) is 18.2 Å². The number of rotatable bonds is 1. The first kappa shape index (κ1) is 11.8. The highest BCUT2D eigenvalue weighted by Crippen LogP contribution is 2.24. The average molecular weight is 260 g/mol. The molecule has 2 fully saturated rings. The molecule has 2 saturated heterocycles. The fourth-order valence-corrected chi connectivity index (χ4v) is 2.66. The maximum atomic E-state index is 14.0. The summed E-state index contributed by atoms with van der Waals surface area (Å²) in [4.78, 5) is 15.2. The molecule has 2 aliphatic rings. The van der Waals surface area contributed by atoms with Gasteiger partial charge in [0.1, 0.15) is 5.82 Å². The van der Waals surface area contributed by atoms with Gasteiger partial charge in [0.25, 0.3) is 0 Å². The number of hydrogen-bond acceptors (Lipinski definition) is 3. The second-order valence-corrected chi connectivity index (χ2v) is 4.76. The molecule has 0 aliphatic carbocycles. The lowest BCUT2D eigenvalue weighted by Gasteiger charge is -2.37. The van der Waals surface area contributed by atoms with Crippen LogP contribution in [0.15, 0.2) is 18.2 Å². The summed E-state index contributed by atoms with van der Waals surface area (Å²) >= 11 is 0. The molecule has 6 heteroatoms. The zero-order valence-electron chi connectivity index (χ0n) is 10.3. The maximum Gasteiger partial charge on any atom is 0.317 e. The van der Waals surface area contributed by atoms with Crippen molar-refractivity contribution in [2.45, 2.75) is 6.04 Å². The summed E-state index contributed by atoms with van der Waals surface area (Å²) in [6.07, 6.45) is 0. The number of carbonyl (C=O) groups excluding carboxylic acids is 1. The molecule has 2 heterocycles. The van der Waals surface area contributed by atoms with Gasteiger partial charge in [0.15, 0.2) is 0 Å². The first-order valence-corrected chi connectivity index (χ1v) is 6.18. The van der Waals surface area contributed by atoms with Crippen LogP contribution in [0.2, 0.25) is 0 Å². The van der Waals surface area contributed by atoms with Crippen LogP contribution >= 0.6 is 0 Å². The molecule has 0 spiro atoms. The molecular weight excluding hydrogens is 247 g/mol. The summed E-state index contributed by atoms with van der Waals surface area (Å²) in [5.74, 6) is -0.384. The minimum absolute atomic E-state index is 0.0371. The Morgan fingerprint density at radius 2 is 2.26 bits per heavy atom. The normalized spacial score (nSPS) is 21.9. The lowest BCUT2D eigenvalue weighted by Crippen LogP contribution is -2.52. The molecule has 19 heavy (non-hydrogen) atoms. The number of nitrogens with zero attached hydrogens (tertiary/aromatic N) is 3. The Morgan fingerprint density at radius 1 is 1.42 bits per heavy atom. The number of amides is 2. The van der Waals surface area contributed by atoms with E-state index in [1.807, 2.05) is 11.0 Å². The summed E-state index contributed by atoms with van der Waals surface area (Å²) < 4.78 is 14.0. The highest BCUT2D eigenvalue weighted by molar-refractivity contribution is 5.77. The maximum absolute atomic E-state index is 14.0. The van der Waals surface area contributed by atoms with Crippen LogP contribution in [-0.4, -0.2) is 43.2 Å². The molecule has 0 saturated carbocycles. The van der Waals surface area contributed by atoms with Gasteiger partial charge in [0.05, 0.1) is 23.4 Å². The van der Waals surface area contributed by atoms with Crippen molar-refractivity contribution in [1.29, 1.82) is 5.26 Å². The van der Waals surface area contributed by atoms with Gasteiger partial charge in [-0.1, -0.05) is 0 Å². The predicted octanol–water partition coefficient (Wildman–Crippen LogP) is 0.911. The minimum Gasteiger partial charge on any atom is -0.365 e. The number of nitrogens with one attached hydrogen (secondary N) is 1. The van der Waals surface area contributed by atoms with Gasteiger partial charge < -0.3 is 15.1 Å². The molecule has 5 nitrogen and oxygen atoms in total. The minimum atomic E-state index is -0.384. The molecule has 1 unspecified atom stereocenters. The Morgan fingerprint density at radius 3 is 3.00 bits per heavy atom. The SMILES string of the molecule is N#Cc1ccc(N2CCN3C(=O)NCC3C2)c(F)c1. The third-order valence-electron chi connectivity index (χ3n) is 3.65. The van der Waals surface area contributed by atoms with E-state index < -0.39 is 0 Å². The van der Waals surface area contributed by atoms with E-state index in [0.29, 0.717) is 37.4 Å². The molecule has 0 bridgehead atoms. The summed E-state index contributed by atoms with van der Waals surface area (Å²) in [7, 11) is 0. The molecule has 0 radical (unpaired) electrons. The van der Waals surface area contributed by atoms with Crippen molar-refractivity contribution < 1.29 is 9.18 Å². The Kier molecular flexibility index (Phi) is 2.75. The van der Waals surface area contributed by atoms with E-state index in [1.54, 1.807) is 17.0 Å². The number of nitriles is 1. The number of piperazine rings is 1. The van der Waals surface area contributed by atoms with Gasteiger partial charge in [-0.2, -0.15) is 5.26 Å². The van der Waals surface area contributed by atoms with E-state index in [-0.39, 0.29) is 17.9 Å². The zero-order valence-corrected chi connectivity index (χ0v) is 10.3. The first-order valence-electron chi connectivity index (χ1n) is 6.18. The van der Waals surface area contributed by atoms with Crippen molar-refractivity contribution in [2.75, 3.05) is 31.1 Å². The van der Waals surface area contributed by atoms with Crippen molar-refractivity contribution in [2.24, 2.45) is 0 Å². The summed E-state index contributed by atoms with van der Waals surface area (Å²) in [5.41, 5.74) is 0.815. The lowest BCUT2D eigenvalue weighted by molar-refractivity contribution is 0.197. The van der Waals surface area contributed by atoms with Crippen LogP contribution in [0.4, 0.5) is 14.9 Å². The van der Waals surface area contributed by atoms with E-state index in [4.69, 9.17) is 5.26 Å². The Hall–Kier alpha value is -2.29. The third-order valence-corrected chi connectivity index (χ3v) is 3.65. The van der Waals surface area contributed by atoms with Crippen LogP contribution in [-0.2, 0) is 0 Å². The van der Waals surface area contributed by atoms with Crippen LogP contribution in [0.3, 0.4) is 0 Å². The van der Waals surface area contributed by atoms with Gasteiger partial charge in [-0.25, -0.2) is 9.18 Å². The predicted molar refractivity (Wildman–Crippen MR) is 67.2 cm³/mol. The molecule has 1 aromatic rings. The van der Waals surface area contributed by atoms with Crippen molar-refractivity contribution in [3.8, 4) is 6.07 Å². The number of halogens is 1. The Bertz CT molecular complexity index is 568. The fourth-order valence-electron chi connectivity index (χ4n) is 2.66. The van der Waals surface area contributed by atoms with Crippen LogP contribution in [0, 0.1) is 17.1 Å². The number of benzene rings is 1.